The number of nitrogens with one attached hydrogen (secondary N) is 1. The Bertz CT molecular complexity index is 490. The van der Waals surface area contributed by atoms with E-state index in [9.17, 15) is 0 Å². The van der Waals surface area contributed by atoms with Crippen LogP contribution in [0.4, 0.5) is 0 Å². The third-order valence-corrected chi connectivity index (χ3v) is 3.20. The van der Waals surface area contributed by atoms with E-state index in [4.69, 9.17) is 0 Å². The highest BCUT2D eigenvalue weighted by atomic mass is 15.3. The van der Waals surface area contributed by atoms with Crippen molar-refractivity contribution in [1.82, 2.24) is 20.1 Å². The van der Waals surface area contributed by atoms with Gasteiger partial charge in [0, 0.05) is 26.0 Å². The molecule has 0 radical (unpaired) electrons. The zero-order valence-corrected chi connectivity index (χ0v) is 11.9. The fourth-order valence-corrected chi connectivity index (χ4v) is 2.16. The lowest BCUT2D eigenvalue weighted by molar-refractivity contribution is 0.415. The van der Waals surface area contributed by atoms with Crippen LogP contribution in [0, 0.1) is 5.92 Å². The molecule has 0 aliphatic carbocycles. The predicted molar refractivity (Wildman–Crippen MR) is 76.5 cm³/mol. The summed E-state index contributed by atoms with van der Waals surface area (Å²) in [6.45, 7) is 5.29. The fourth-order valence-electron chi connectivity index (χ4n) is 2.16. The largest absolute Gasteiger partial charge is 0.303 e. The third-order valence-electron chi connectivity index (χ3n) is 3.20. The Hall–Kier alpha value is -1.68. The summed E-state index contributed by atoms with van der Waals surface area (Å²) in [5, 5.41) is 7.78. The Balaban J connectivity index is 2.04. The molecule has 2 aromatic rings. The van der Waals surface area contributed by atoms with Crippen molar-refractivity contribution < 1.29 is 0 Å². The molecule has 0 aliphatic rings. The lowest BCUT2D eigenvalue weighted by atomic mass is 10.0. The van der Waals surface area contributed by atoms with Crippen LogP contribution in [-0.2, 0) is 13.6 Å². The van der Waals surface area contributed by atoms with Gasteiger partial charge in [0.2, 0.25) is 0 Å². The van der Waals surface area contributed by atoms with Gasteiger partial charge in [0.05, 0.1) is 17.4 Å². The summed E-state index contributed by atoms with van der Waals surface area (Å²) in [6, 6.07) is 8.41. The van der Waals surface area contributed by atoms with E-state index in [0.29, 0.717) is 5.92 Å². The predicted octanol–water partition coefficient (Wildman–Crippen LogP) is 2.69. The summed E-state index contributed by atoms with van der Waals surface area (Å²) in [6.07, 6.45) is 4.76. The number of nitrogens with zero attached hydrogens (tertiary/aromatic N) is 3. The molecule has 0 aliphatic heterocycles. The monoisotopic (exact) mass is 258 g/mol. The first kappa shape index (κ1) is 13.7. The molecule has 4 heteroatoms. The molecule has 19 heavy (non-hydrogen) atoms. The number of hydrogen-bond donors (Lipinski definition) is 1. The van der Waals surface area contributed by atoms with Gasteiger partial charge in [0.15, 0.2) is 0 Å². The second-order valence-electron chi connectivity index (χ2n) is 5.26. The molecule has 0 bridgehead atoms. The van der Waals surface area contributed by atoms with E-state index in [0.717, 1.165) is 18.7 Å². The van der Waals surface area contributed by atoms with Crippen LogP contribution in [-0.4, -0.2) is 14.8 Å². The van der Waals surface area contributed by atoms with E-state index in [1.54, 1.807) is 0 Å². The molecular weight excluding hydrogens is 236 g/mol. The van der Waals surface area contributed by atoms with Crippen molar-refractivity contribution in [2.75, 3.05) is 0 Å². The summed E-state index contributed by atoms with van der Waals surface area (Å²) >= 11 is 0. The van der Waals surface area contributed by atoms with Crippen molar-refractivity contribution in [3.63, 3.8) is 0 Å². The molecule has 0 aromatic carbocycles. The van der Waals surface area contributed by atoms with Crippen molar-refractivity contribution in [2.45, 2.75) is 32.9 Å². The van der Waals surface area contributed by atoms with Gasteiger partial charge in [-0.05, 0) is 30.5 Å². The average Bonchev–Trinajstić information content (AvgIpc) is 2.81. The lowest BCUT2D eigenvalue weighted by Crippen LogP contribution is -2.24. The fraction of sp³-hybridized carbons (Fsp3) is 0.467. The normalized spacial score (nSPS) is 12.8. The van der Waals surface area contributed by atoms with Crippen LogP contribution in [0.1, 0.15) is 37.7 Å². The maximum atomic E-state index is 4.47. The van der Waals surface area contributed by atoms with Crippen LogP contribution in [0.15, 0.2) is 36.7 Å². The van der Waals surface area contributed by atoms with Crippen molar-refractivity contribution in [1.29, 1.82) is 0 Å². The maximum absolute atomic E-state index is 4.47. The van der Waals surface area contributed by atoms with Crippen molar-refractivity contribution in [3.05, 3.63) is 48.0 Å². The van der Waals surface area contributed by atoms with Gasteiger partial charge in [-0.25, -0.2) is 0 Å². The Kier molecular flexibility index (Phi) is 4.68. The SMILES string of the molecule is CC(C)C[C@H](NCc1ccnn1C)c1ccccn1. The number of aromatic nitrogens is 3. The van der Waals surface area contributed by atoms with Gasteiger partial charge in [-0.1, -0.05) is 19.9 Å². The number of hydrogen-bond acceptors (Lipinski definition) is 3. The highest BCUT2D eigenvalue weighted by molar-refractivity contribution is 5.09. The second-order valence-corrected chi connectivity index (χ2v) is 5.26. The minimum absolute atomic E-state index is 0.288. The summed E-state index contributed by atoms with van der Waals surface area (Å²) < 4.78 is 1.90. The van der Waals surface area contributed by atoms with E-state index in [-0.39, 0.29) is 6.04 Å². The minimum Gasteiger partial charge on any atom is -0.303 e. The Morgan fingerprint density at radius 1 is 1.21 bits per heavy atom. The van der Waals surface area contributed by atoms with Gasteiger partial charge in [-0.15, -0.1) is 0 Å². The van der Waals surface area contributed by atoms with Gasteiger partial charge in [0.25, 0.3) is 0 Å². The van der Waals surface area contributed by atoms with E-state index in [2.05, 4.69) is 35.3 Å². The first-order valence-electron chi connectivity index (χ1n) is 6.78. The Labute approximate surface area is 114 Å². The van der Waals surface area contributed by atoms with Crippen molar-refractivity contribution in [2.24, 2.45) is 13.0 Å². The van der Waals surface area contributed by atoms with Crippen LogP contribution < -0.4 is 5.32 Å². The molecule has 0 saturated carbocycles. The molecule has 0 saturated heterocycles. The molecular formula is C15H22N4. The zero-order valence-electron chi connectivity index (χ0n) is 11.9. The van der Waals surface area contributed by atoms with Crippen LogP contribution in [0.3, 0.4) is 0 Å². The van der Waals surface area contributed by atoms with Gasteiger partial charge >= 0.3 is 0 Å². The Morgan fingerprint density at radius 2 is 2.05 bits per heavy atom. The van der Waals surface area contributed by atoms with Crippen LogP contribution in [0.25, 0.3) is 0 Å². The lowest BCUT2D eigenvalue weighted by Gasteiger charge is -2.20. The summed E-state index contributed by atoms with van der Waals surface area (Å²) in [5.41, 5.74) is 2.29. The highest BCUT2D eigenvalue weighted by Gasteiger charge is 2.14. The second kappa shape index (κ2) is 6.48. The quantitative estimate of drug-likeness (QED) is 0.866. The highest BCUT2D eigenvalue weighted by Crippen LogP contribution is 2.19. The number of aryl methyl sites for hydroxylation is 1. The molecule has 2 rings (SSSR count). The van der Waals surface area contributed by atoms with E-state index in [1.807, 2.05) is 42.3 Å². The van der Waals surface area contributed by atoms with Gasteiger partial charge in [-0.2, -0.15) is 5.10 Å². The average molecular weight is 258 g/mol. The molecule has 102 valence electrons. The van der Waals surface area contributed by atoms with Gasteiger partial charge in [0.1, 0.15) is 0 Å². The van der Waals surface area contributed by atoms with Gasteiger partial charge < -0.3 is 5.32 Å². The summed E-state index contributed by atoms with van der Waals surface area (Å²) in [7, 11) is 1.97. The molecule has 2 aromatic heterocycles. The minimum atomic E-state index is 0.288. The first-order chi connectivity index (χ1) is 9.16. The summed E-state index contributed by atoms with van der Waals surface area (Å²) in [4.78, 5) is 4.47. The maximum Gasteiger partial charge on any atom is 0.0573 e. The molecule has 0 fully saturated rings. The van der Waals surface area contributed by atoms with Crippen LogP contribution >= 0.6 is 0 Å². The number of rotatable bonds is 6. The van der Waals surface area contributed by atoms with E-state index < -0.39 is 0 Å². The smallest absolute Gasteiger partial charge is 0.0573 e. The molecule has 2 heterocycles. The first-order valence-corrected chi connectivity index (χ1v) is 6.78. The summed E-state index contributed by atoms with van der Waals surface area (Å²) in [5.74, 6) is 0.631. The molecule has 0 amide bonds. The zero-order chi connectivity index (χ0) is 13.7. The number of pyridine rings is 1. The molecule has 1 N–H and O–H groups in total. The molecule has 1 atom stereocenters. The van der Waals surface area contributed by atoms with E-state index >= 15 is 0 Å². The van der Waals surface area contributed by atoms with E-state index in [1.165, 1.54) is 5.69 Å². The molecule has 4 nitrogen and oxygen atoms in total. The standard InChI is InChI=1S/C15H22N4/c1-12(2)10-15(14-6-4-5-8-16-14)17-11-13-7-9-18-19(13)3/h4-9,12,15,17H,10-11H2,1-3H3/t15-/m0/s1. The van der Waals surface area contributed by atoms with Crippen LogP contribution in [0.5, 0.6) is 0 Å². The van der Waals surface area contributed by atoms with Gasteiger partial charge in [-0.3, -0.25) is 9.67 Å². The third kappa shape index (κ3) is 3.89. The van der Waals surface area contributed by atoms with Crippen LogP contribution in [0.2, 0.25) is 0 Å². The molecule has 0 spiro atoms. The Morgan fingerprint density at radius 3 is 2.63 bits per heavy atom. The molecule has 0 unspecified atom stereocenters. The topological polar surface area (TPSA) is 42.7 Å². The van der Waals surface area contributed by atoms with Crippen molar-refractivity contribution >= 4 is 0 Å². The van der Waals surface area contributed by atoms with Crippen molar-refractivity contribution in [3.8, 4) is 0 Å².